The zero-order chi connectivity index (χ0) is 29.1. The summed E-state index contributed by atoms with van der Waals surface area (Å²) in [5, 5.41) is 6.12. The molecule has 0 aliphatic carbocycles. The van der Waals surface area contributed by atoms with Gasteiger partial charge in [0.05, 0.1) is 12.2 Å². The summed E-state index contributed by atoms with van der Waals surface area (Å²) in [6.45, 7) is 8.62. The molecule has 40 heavy (non-hydrogen) atoms. The Balaban J connectivity index is 2.58. The SMILES string of the molecule is CCCCCCCCCNC(=O)c1ccc(C(=O)NCCCCCCCCC)c(OCCCCCCCCC)c1. The van der Waals surface area contributed by atoms with Crippen molar-refractivity contribution in [2.45, 2.75) is 156 Å². The maximum atomic E-state index is 13.0. The summed E-state index contributed by atoms with van der Waals surface area (Å²) in [7, 11) is 0. The van der Waals surface area contributed by atoms with Gasteiger partial charge in [-0.3, -0.25) is 9.59 Å². The third-order valence-electron chi connectivity index (χ3n) is 7.63. The smallest absolute Gasteiger partial charge is 0.255 e. The van der Waals surface area contributed by atoms with E-state index in [1.54, 1.807) is 18.2 Å². The highest BCUT2D eigenvalue weighted by atomic mass is 16.5. The number of carbonyl (C=O) groups is 2. The Morgan fingerprint density at radius 1 is 0.550 bits per heavy atom. The quantitative estimate of drug-likeness (QED) is 0.106. The molecular formula is C35H62N2O3. The first-order chi connectivity index (χ1) is 19.6. The number of benzene rings is 1. The molecule has 0 saturated heterocycles. The Morgan fingerprint density at radius 2 is 0.975 bits per heavy atom. The Hall–Kier alpha value is -2.04. The number of nitrogens with one attached hydrogen (secondary N) is 2. The van der Waals surface area contributed by atoms with Gasteiger partial charge in [0.15, 0.2) is 0 Å². The van der Waals surface area contributed by atoms with Crippen LogP contribution in [0.5, 0.6) is 5.75 Å². The minimum absolute atomic E-state index is 0.0956. The lowest BCUT2D eigenvalue weighted by Gasteiger charge is -2.14. The monoisotopic (exact) mass is 558 g/mol. The van der Waals surface area contributed by atoms with Crippen LogP contribution in [0.3, 0.4) is 0 Å². The first-order valence-electron chi connectivity index (χ1n) is 17.0. The Labute approximate surface area is 247 Å². The van der Waals surface area contributed by atoms with E-state index in [1.807, 2.05) is 0 Å². The van der Waals surface area contributed by atoms with Crippen molar-refractivity contribution in [1.82, 2.24) is 10.6 Å². The highest BCUT2D eigenvalue weighted by Gasteiger charge is 2.16. The van der Waals surface area contributed by atoms with Gasteiger partial charge in [0.2, 0.25) is 0 Å². The van der Waals surface area contributed by atoms with E-state index in [1.165, 1.54) is 96.3 Å². The molecular weight excluding hydrogens is 496 g/mol. The molecule has 0 unspecified atom stereocenters. The van der Waals surface area contributed by atoms with Gasteiger partial charge in [-0.1, -0.05) is 136 Å². The van der Waals surface area contributed by atoms with Gasteiger partial charge in [-0.05, 0) is 37.5 Å². The van der Waals surface area contributed by atoms with Crippen LogP contribution in [0.1, 0.15) is 176 Å². The molecule has 0 atom stereocenters. The number of amides is 2. The number of rotatable bonds is 27. The van der Waals surface area contributed by atoms with Crippen molar-refractivity contribution >= 4 is 11.8 Å². The van der Waals surface area contributed by atoms with Crippen LogP contribution >= 0.6 is 0 Å². The molecule has 5 heteroatoms. The fourth-order valence-corrected chi connectivity index (χ4v) is 4.98. The minimum Gasteiger partial charge on any atom is -0.493 e. The van der Waals surface area contributed by atoms with Crippen molar-refractivity contribution in [3.05, 3.63) is 29.3 Å². The van der Waals surface area contributed by atoms with Crippen LogP contribution in [0.25, 0.3) is 0 Å². The minimum atomic E-state index is -0.115. The van der Waals surface area contributed by atoms with Gasteiger partial charge >= 0.3 is 0 Å². The van der Waals surface area contributed by atoms with Gasteiger partial charge < -0.3 is 15.4 Å². The van der Waals surface area contributed by atoms with E-state index < -0.39 is 0 Å². The molecule has 0 bridgehead atoms. The predicted octanol–water partition coefficient (Wildman–Crippen LogP) is 9.78. The van der Waals surface area contributed by atoms with Gasteiger partial charge in [0, 0.05) is 18.7 Å². The van der Waals surface area contributed by atoms with E-state index in [0.29, 0.717) is 36.6 Å². The van der Waals surface area contributed by atoms with Gasteiger partial charge in [-0.25, -0.2) is 0 Å². The molecule has 0 aromatic heterocycles. The number of hydrogen-bond acceptors (Lipinski definition) is 3. The van der Waals surface area contributed by atoms with Crippen molar-refractivity contribution in [3.63, 3.8) is 0 Å². The van der Waals surface area contributed by atoms with E-state index in [4.69, 9.17) is 4.74 Å². The molecule has 0 fully saturated rings. The van der Waals surface area contributed by atoms with Crippen LogP contribution in [0, 0.1) is 0 Å². The number of unbranched alkanes of at least 4 members (excludes halogenated alkanes) is 18. The summed E-state index contributed by atoms with van der Waals surface area (Å²) >= 11 is 0. The summed E-state index contributed by atoms with van der Waals surface area (Å²) in [6.07, 6.45) is 25.5. The van der Waals surface area contributed by atoms with Gasteiger partial charge in [0.25, 0.3) is 11.8 Å². The second-order valence-electron chi connectivity index (χ2n) is 11.4. The average Bonchev–Trinajstić information content (AvgIpc) is 2.97. The molecule has 0 heterocycles. The molecule has 2 N–H and O–H groups in total. The van der Waals surface area contributed by atoms with E-state index in [2.05, 4.69) is 31.4 Å². The van der Waals surface area contributed by atoms with Crippen LogP contribution in [0.2, 0.25) is 0 Å². The predicted molar refractivity (Wildman–Crippen MR) is 171 cm³/mol. The Kier molecular flexibility index (Phi) is 23.3. The van der Waals surface area contributed by atoms with Crippen molar-refractivity contribution in [1.29, 1.82) is 0 Å². The van der Waals surface area contributed by atoms with Crippen molar-refractivity contribution in [3.8, 4) is 5.75 Å². The highest BCUT2D eigenvalue weighted by molar-refractivity contribution is 6.00. The Bertz CT molecular complexity index is 765. The van der Waals surface area contributed by atoms with Crippen molar-refractivity contribution in [2.75, 3.05) is 19.7 Å². The lowest BCUT2D eigenvalue weighted by molar-refractivity contribution is 0.0937. The second kappa shape index (κ2) is 25.9. The topological polar surface area (TPSA) is 67.4 Å². The van der Waals surface area contributed by atoms with Gasteiger partial charge in [-0.2, -0.15) is 0 Å². The van der Waals surface area contributed by atoms with Gasteiger partial charge in [-0.15, -0.1) is 0 Å². The van der Waals surface area contributed by atoms with Crippen molar-refractivity contribution < 1.29 is 14.3 Å². The van der Waals surface area contributed by atoms with E-state index >= 15 is 0 Å². The summed E-state index contributed by atoms with van der Waals surface area (Å²) in [5.41, 5.74) is 1.08. The normalized spacial score (nSPS) is 11.0. The van der Waals surface area contributed by atoms with Crippen LogP contribution in [0.4, 0.5) is 0 Å². The fourth-order valence-electron chi connectivity index (χ4n) is 4.98. The average molecular weight is 559 g/mol. The third-order valence-corrected chi connectivity index (χ3v) is 7.63. The molecule has 0 aliphatic rings. The standard InChI is InChI=1S/C35H62N2O3/c1-4-7-10-13-16-19-22-27-36-34(38)31-25-26-32(35(39)37-28-23-20-17-14-11-8-5-2)33(30-31)40-29-24-21-18-15-12-9-6-3/h25-26,30H,4-24,27-29H2,1-3H3,(H,36,38)(H,37,39). The fraction of sp³-hybridized carbons (Fsp3) is 0.771. The molecule has 2 amide bonds. The zero-order valence-corrected chi connectivity index (χ0v) is 26.4. The Morgan fingerprint density at radius 3 is 1.48 bits per heavy atom. The lowest BCUT2D eigenvalue weighted by Crippen LogP contribution is -2.26. The first-order valence-corrected chi connectivity index (χ1v) is 17.0. The van der Waals surface area contributed by atoms with Crippen LogP contribution in [-0.4, -0.2) is 31.5 Å². The summed E-state index contributed by atoms with van der Waals surface area (Å²) < 4.78 is 6.11. The molecule has 1 aromatic rings. The van der Waals surface area contributed by atoms with Gasteiger partial charge in [0.1, 0.15) is 5.75 Å². The zero-order valence-electron chi connectivity index (χ0n) is 26.4. The number of ether oxygens (including phenoxy) is 1. The lowest BCUT2D eigenvalue weighted by atomic mass is 10.1. The maximum absolute atomic E-state index is 13.0. The summed E-state index contributed by atoms with van der Waals surface area (Å²) in [6, 6.07) is 5.26. The number of carbonyl (C=O) groups excluding carboxylic acids is 2. The summed E-state index contributed by atoms with van der Waals surface area (Å²) in [4.78, 5) is 25.8. The molecule has 0 spiro atoms. The van der Waals surface area contributed by atoms with E-state index in [9.17, 15) is 9.59 Å². The summed E-state index contributed by atoms with van der Waals surface area (Å²) in [5.74, 6) is 0.309. The van der Waals surface area contributed by atoms with Crippen molar-refractivity contribution in [2.24, 2.45) is 0 Å². The van der Waals surface area contributed by atoms with Crippen LogP contribution in [-0.2, 0) is 0 Å². The molecule has 0 saturated carbocycles. The van der Waals surface area contributed by atoms with Crippen LogP contribution in [0.15, 0.2) is 18.2 Å². The third kappa shape index (κ3) is 18.3. The number of hydrogen-bond donors (Lipinski definition) is 2. The first kappa shape index (κ1) is 36.0. The molecule has 230 valence electrons. The van der Waals surface area contributed by atoms with E-state index in [0.717, 1.165) is 38.5 Å². The second-order valence-corrected chi connectivity index (χ2v) is 11.4. The van der Waals surface area contributed by atoms with E-state index in [-0.39, 0.29) is 11.8 Å². The largest absolute Gasteiger partial charge is 0.493 e. The highest BCUT2D eigenvalue weighted by Crippen LogP contribution is 2.22. The molecule has 1 rings (SSSR count). The molecule has 1 aromatic carbocycles. The molecule has 0 aliphatic heterocycles. The maximum Gasteiger partial charge on any atom is 0.255 e. The molecule has 5 nitrogen and oxygen atoms in total. The molecule has 0 radical (unpaired) electrons. The van der Waals surface area contributed by atoms with Crippen LogP contribution < -0.4 is 15.4 Å².